The molecule has 0 amide bonds. The summed E-state index contributed by atoms with van der Waals surface area (Å²) in [5, 5.41) is 54.6. The van der Waals surface area contributed by atoms with Gasteiger partial charge >= 0.3 is 0 Å². The van der Waals surface area contributed by atoms with Crippen molar-refractivity contribution >= 4 is 17.3 Å². The number of hydrogen-bond donors (Lipinski definition) is 6. The van der Waals surface area contributed by atoms with Gasteiger partial charge in [0.15, 0.2) is 17.4 Å². The molecule has 2 unspecified atom stereocenters. The maximum absolute atomic E-state index is 13.7. The van der Waals surface area contributed by atoms with Crippen molar-refractivity contribution < 1.29 is 54.1 Å². The van der Waals surface area contributed by atoms with Gasteiger partial charge in [-0.15, -0.1) is 0 Å². The lowest BCUT2D eigenvalue weighted by atomic mass is 9.71. The molecule has 0 fully saturated rings. The largest absolute Gasteiger partial charge is 0.507 e. The van der Waals surface area contributed by atoms with Crippen molar-refractivity contribution in [1.29, 1.82) is 0 Å². The Labute approximate surface area is 234 Å². The smallest absolute Gasteiger partial charge is 0.202 e. The van der Waals surface area contributed by atoms with Crippen LogP contribution < -0.4 is 10.5 Å². The molecule has 5 atom stereocenters. The second kappa shape index (κ2) is 9.36. The molecule has 2 aromatic rings. The number of carbonyl (C=O) groups is 3. The number of aromatic hydroxyl groups is 2. The minimum absolute atomic E-state index is 0.0125. The summed E-state index contributed by atoms with van der Waals surface area (Å²) < 4.78 is 17.4. The number of hydrogen-bond acceptors (Lipinski definition) is 12. The van der Waals surface area contributed by atoms with Gasteiger partial charge in [-0.05, 0) is 32.9 Å². The average molecular weight is 570 g/mol. The van der Waals surface area contributed by atoms with Gasteiger partial charge in [0.05, 0.1) is 36.0 Å². The van der Waals surface area contributed by atoms with E-state index in [1.807, 2.05) is 0 Å². The van der Waals surface area contributed by atoms with Gasteiger partial charge in [-0.25, -0.2) is 0 Å². The lowest BCUT2D eigenvalue weighted by Crippen LogP contribution is -2.54. The maximum atomic E-state index is 13.7. The highest BCUT2D eigenvalue weighted by atomic mass is 16.7. The molecule has 7 N–H and O–H groups in total. The average Bonchev–Trinajstić information content (AvgIpc) is 2.91. The molecule has 2 aromatic carbocycles. The van der Waals surface area contributed by atoms with Crippen molar-refractivity contribution in [2.45, 2.75) is 62.8 Å². The molecule has 12 nitrogen and oxygen atoms in total. The van der Waals surface area contributed by atoms with Gasteiger partial charge in [0.25, 0.3) is 0 Å². The first-order chi connectivity index (χ1) is 19.1. The molecule has 1 heterocycles. The summed E-state index contributed by atoms with van der Waals surface area (Å²) in [5.74, 6) is -5.57. The highest BCUT2D eigenvalue weighted by Gasteiger charge is 2.52. The predicted octanol–water partition coefficient (Wildman–Crippen LogP) is 0.907. The number of carbonyl (C=O) groups excluding carboxylic acids is 3. The molecule has 41 heavy (non-hydrogen) atoms. The van der Waals surface area contributed by atoms with E-state index in [4.69, 9.17) is 19.9 Å². The van der Waals surface area contributed by atoms with Crippen LogP contribution in [0.4, 0.5) is 0 Å². The first kappa shape index (κ1) is 28.7. The van der Waals surface area contributed by atoms with Crippen LogP contribution in [-0.4, -0.2) is 79.7 Å². The van der Waals surface area contributed by atoms with Gasteiger partial charge in [0.2, 0.25) is 5.78 Å². The number of aliphatic hydroxyl groups is 3. The van der Waals surface area contributed by atoms with Crippen LogP contribution >= 0.6 is 0 Å². The third-order valence-corrected chi connectivity index (χ3v) is 8.32. The van der Waals surface area contributed by atoms with Crippen LogP contribution in [-0.2, 0) is 20.7 Å². The number of phenolic OH excluding ortho intramolecular Hbond substituents is 2. The van der Waals surface area contributed by atoms with Crippen LogP contribution in [0, 0.1) is 0 Å². The number of Topliss-reactive ketones (excluding diaryl/α,β-unsaturated/α-hetero) is 1. The fraction of sp³-hybridized carbons (Fsp3) is 0.414. The van der Waals surface area contributed by atoms with E-state index in [2.05, 4.69) is 0 Å². The summed E-state index contributed by atoms with van der Waals surface area (Å²) in [6, 6.07) is 4.35. The van der Waals surface area contributed by atoms with Gasteiger partial charge < -0.3 is 45.5 Å². The number of ketones is 3. The number of fused-ring (bicyclic) bond motifs is 3. The minimum atomic E-state index is -2.29. The van der Waals surface area contributed by atoms with Gasteiger partial charge in [0, 0.05) is 35.2 Å². The Bertz CT molecular complexity index is 1540. The van der Waals surface area contributed by atoms with Crippen molar-refractivity contribution in [1.82, 2.24) is 0 Å². The Balaban J connectivity index is 1.74. The van der Waals surface area contributed by atoms with Gasteiger partial charge in [-0.1, -0.05) is 12.1 Å². The summed E-state index contributed by atoms with van der Waals surface area (Å²) in [6.07, 6.45) is -2.14. The molecular weight excluding hydrogens is 538 g/mol. The van der Waals surface area contributed by atoms with Crippen molar-refractivity contribution in [2.75, 3.05) is 13.7 Å². The first-order valence-electron chi connectivity index (χ1n) is 12.9. The number of rotatable bonds is 5. The van der Waals surface area contributed by atoms with Crippen LogP contribution in [0.5, 0.6) is 17.2 Å². The Morgan fingerprint density at radius 1 is 1.10 bits per heavy atom. The summed E-state index contributed by atoms with van der Waals surface area (Å²) in [7, 11) is 1.32. The molecule has 0 spiro atoms. The fourth-order valence-corrected chi connectivity index (χ4v) is 5.89. The number of benzene rings is 2. The van der Waals surface area contributed by atoms with E-state index >= 15 is 0 Å². The highest BCUT2D eigenvalue weighted by Crippen LogP contribution is 2.53. The monoisotopic (exact) mass is 569 g/mol. The number of methoxy groups -OCH3 is 1. The Hall–Kier alpha value is -3.81. The van der Waals surface area contributed by atoms with Crippen molar-refractivity contribution in [2.24, 2.45) is 5.73 Å². The molecule has 0 radical (unpaired) electrons. The van der Waals surface area contributed by atoms with Gasteiger partial charge in [-0.3, -0.25) is 14.4 Å². The molecule has 0 saturated carbocycles. The number of aliphatic hydroxyl groups excluding tert-OH is 1. The topological polar surface area (TPSA) is 206 Å². The third kappa shape index (κ3) is 4.13. The molecule has 218 valence electrons. The lowest BCUT2D eigenvalue weighted by molar-refractivity contribution is -0.275. The molecule has 0 aromatic heterocycles. The van der Waals surface area contributed by atoms with E-state index in [1.165, 1.54) is 45.2 Å². The summed E-state index contributed by atoms with van der Waals surface area (Å²) in [5.41, 5.74) is 0.743. The van der Waals surface area contributed by atoms with E-state index in [9.17, 15) is 39.9 Å². The van der Waals surface area contributed by atoms with E-state index in [0.717, 1.165) is 0 Å². The molecule has 1 aliphatic heterocycles. The van der Waals surface area contributed by atoms with Crippen molar-refractivity contribution in [3.63, 3.8) is 0 Å². The lowest BCUT2D eigenvalue weighted by Gasteiger charge is -2.46. The second-order valence-corrected chi connectivity index (χ2v) is 11.0. The molecule has 5 rings (SSSR count). The van der Waals surface area contributed by atoms with E-state index in [0.29, 0.717) is 0 Å². The zero-order valence-corrected chi connectivity index (χ0v) is 22.8. The van der Waals surface area contributed by atoms with Crippen LogP contribution in [0.15, 0.2) is 30.0 Å². The van der Waals surface area contributed by atoms with Crippen molar-refractivity contribution in [3.8, 4) is 17.2 Å². The molecule has 2 aliphatic carbocycles. The van der Waals surface area contributed by atoms with Gasteiger partial charge in [0.1, 0.15) is 35.1 Å². The molecule has 3 aliphatic rings. The summed E-state index contributed by atoms with van der Waals surface area (Å²) in [6.45, 7) is 3.42. The van der Waals surface area contributed by atoms with E-state index < -0.39 is 88.6 Å². The first-order valence-corrected chi connectivity index (χ1v) is 12.9. The molecular formula is C29H31NO11. The van der Waals surface area contributed by atoms with Crippen LogP contribution in [0.2, 0.25) is 0 Å². The molecule has 12 heteroatoms. The highest BCUT2D eigenvalue weighted by molar-refractivity contribution is 6.31. The number of nitrogens with two attached hydrogens (primary N) is 1. The number of ether oxygens (including phenoxy) is 3. The van der Waals surface area contributed by atoms with E-state index in [-0.39, 0.29) is 33.7 Å². The third-order valence-electron chi connectivity index (χ3n) is 8.32. The standard InChI is InChI=1S/C29H31NO11/c1-12-28(3,37)17(30)10-27(2,40-12)41-16-9-29(38,18(32)11-31)8-14-20(16)26(36)22-21(24(14)34)23(33)13-6-5-7-15(39-4)19(13)25(22)35/h5-7,10,12,16,31,34,36-38H,8-9,11,30H2,1-4H3/t12?,16-,27?,28-,29-/m0/s1. The Morgan fingerprint density at radius 3 is 2.37 bits per heavy atom. The molecule has 0 bridgehead atoms. The number of phenols is 2. The molecule has 0 saturated heterocycles. The van der Waals surface area contributed by atoms with Crippen LogP contribution in [0.3, 0.4) is 0 Å². The second-order valence-electron chi connectivity index (χ2n) is 11.0. The maximum Gasteiger partial charge on any atom is 0.202 e. The fourth-order valence-electron chi connectivity index (χ4n) is 5.89. The normalized spacial score (nSPS) is 30.7. The summed E-state index contributed by atoms with van der Waals surface area (Å²) in [4.78, 5) is 40.0. The zero-order valence-electron chi connectivity index (χ0n) is 22.8. The zero-order chi connectivity index (χ0) is 30.2. The van der Waals surface area contributed by atoms with Crippen LogP contribution in [0.1, 0.15) is 76.3 Å². The quantitative estimate of drug-likeness (QED) is 0.237. The summed E-state index contributed by atoms with van der Waals surface area (Å²) >= 11 is 0. The Kier molecular flexibility index (Phi) is 6.56. The van der Waals surface area contributed by atoms with Crippen molar-refractivity contribution in [3.05, 3.63) is 63.4 Å². The predicted molar refractivity (Wildman–Crippen MR) is 141 cm³/mol. The Morgan fingerprint density at radius 2 is 1.76 bits per heavy atom. The van der Waals surface area contributed by atoms with E-state index in [1.54, 1.807) is 6.92 Å². The van der Waals surface area contributed by atoms with Gasteiger partial charge in [-0.2, -0.15) is 0 Å². The van der Waals surface area contributed by atoms with Crippen LogP contribution in [0.25, 0.3) is 0 Å². The SMILES string of the molecule is COc1cccc2c1C(=O)c1c(O)c3c(c(O)c1C2=O)C[C@@](O)(C(=O)CO)C[C@@H]3OC1(C)C=C(N)[C@@](C)(O)C(C)O1. The minimum Gasteiger partial charge on any atom is -0.507 e.